The first-order chi connectivity index (χ1) is 17.5. The van der Waals surface area contributed by atoms with Crippen LogP contribution in [-0.2, 0) is 53.9 Å². The summed E-state index contributed by atoms with van der Waals surface area (Å²) in [4.78, 5) is 25.0. The van der Waals surface area contributed by atoms with E-state index < -0.39 is 18.4 Å². The normalized spacial score (nSPS) is 12.8. The maximum absolute atomic E-state index is 12.5. The fraction of sp³-hybridized carbons (Fsp3) is 0.576. The zero-order valence-corrected chi connectivity index (χ0v) is 26.0. The fourth-order valence-corrected chi connectivity index (χ4v) is 4.16. The molecule has 2 rings (SSSR count). The molecule has 216 valence electrons. The number of phenols is 2. The molecule has 0 aliphatic heterocycles. The number of carbonyl (C=O) groups excluding carboxylic acids is 2. The van der Waals surface area contributed by atoms with E-state index in [-0.39, 0.29) is 46.4 Å². The van der Waals surface area contributed by atoms with E-state index in [1.807, 2.05) is 65.8 Å². The van der Waals surface area contributed by atoms with Gasteiger partial charge in [0.25, 0.3) is 0 Å². The van der Waals surface area contributed by atoms with Gasteiger partial charge in [-0.3, -0.25) is 9.59 Å². The Balaban J connectivity index is 2.14. The summed E-state index contributed by atoms with van der Waals surface area (Å²) in [5, 5.41) is 21.8. The molecule has 0 heterocycles. The number of ether oxygens (including phenoxy) is 2. The Hall–Kier alpha value is -3.02. The van der Waals surface area contributed by atoms with Crippen molar-refractivity contribution in [1.82, 2.24) is 0 Å². The minimum Gasteiger partial charge on any atom is -0.507 e. The van der Waals surface area contributed by atoms with Gasteiger partial charge in [-0.15, -0.1) is 0 Å². The first-order valence-electron chi connectivity index (χ1n) is 13.6. The number of benzene rings is 2. The Bertz CT molecular complexity index is 1120. The lowest BCUT2D eigenvalue weighted by Crippen LogP contribution is -2.19. The van der Waals surface area contributed by atoms with Crippen molar-refractivity contribution >= 4 is 11.9 Å². The first-order valence-corrected chi connectivity index (χ1v) is 13.6. The second-order valence-corrected chi connectivity index (χ2v) is 14.6. The molecule has 0 saturated heterocycles. The van der Waals surface area contributed by atoms with Gasteiger partial charge in [0.15, 0.2) is 0 Å². The molecule has 0 fully saturated rings. The van der Waals surface area contributed by atoms with Crippen LogP contribution in [-0.4, -0.2) is 22.2 Å². The molecule has 6 nitrogen and oxygen atoms in total. The molecule has 0 radical (unpaired) electrons. The van der Waals surface area contributed by atoms with Gasteiger partial charge in [-0.1, -0.05) is 95.2 Å². The van der Waals surface area contributed by atoms with E-state index in [0.29, 0.717) is 11.1 Å². The average molecular weight is 541 g/mol. The fourth-order valence-electron chi connectivity index (χ4n) is 4.16. The van der Waals surface area contributed by atoms with E-state index in [9.17, 15) is 19.8 Å². The summed E-state index contributed by atoms with van der Waals surface area (Å²) in [7, 11) is 0. The number of aromatic hydroxyl groups is 2. The van der Waals surface area contributed by atoms with E-state index in [2.05, 4.69) is 41.5 Å². The molecule has 0 aromatic heterocycles. The van der Waals surface area contributed by atoms with Crippen molar-refractivity contribution in [3.63, 3.8) is 0 Å². The van der Waals surface area contributed by atoms with Crippen molar-refractivity contribution < 1.29 is 29.3 Å². The number of phenolic OH excluding ortho intramolecular Hbond substituents is 2. The standard InChI is InChI=1S/C33H48O6/c1-30(2,3)22-13-20(28(36)24(15-22)32(7,8)9)18-38-26(34)17-27(35)39-19-21-14-23(31(4,5)6)16-25(29(21)37)33(10,11)12/h13-16,36-37H,17-19H2,1-12H3. The van der Waals surface area contributed by atoms with Crippen LogP contribution in [0.3, 0.4) is 0 Å². The second-order valence-electron chi connectivity index (χ2n) is 14.6. The van der Waals surface area contributed by atoms with Crippen LogP contribution in [0.25, 0.3) is 0 Å². The van der Waals surface area contributed by atoms with Gasteiger partial charge >= 0.3 is 11.9 Å². The molecule has 2 N–H and O–H groups in total. The van der Waals surface area contributed by atoms with Crippen LogP contribution in [0.5, 0.6) is 11.5 Å². The quantitative estimate of drug-likeness (QED) is 0.292. The van der Waals surface area contributed by atoms with Crippen molar-refractivity contribution in [3.8, 4) is 11.5 Å². The van der Waals surface area contributed by atoms with Gasteiger partial charge in [-0.25, -0.2) is 0 Å². The highest BCUT2D eigenvalue weighted by Crippen LogP contribution is 2.39. The topological polar surface area (TPSA) is 93.1 Å². The lowest BCUT2D eigenvalue weighted by Gasteiger charge is -2.27. The number of esters is 2. The van der Waals surface area contributed by atoms with Gasteiger partial charge in [0.1, 0.15) is 31.1 Å². The predicted molar refractivity (Wildman–Crippen MR) is 155 cm³/mol. The van der Waals surface area contributed by atoms with E-state index in [1.165, 1.54) is 0 Å². The van der Waals surface area contributed by atoms with Gasteiger partial charge in [0.05, 0.1) is 0 Å². The Labute approximate surface area is 234 Å². The smallest absolute Gasteiger partial charge is 0.317 e. The van der Waals surface area contributed by atoms with Crippen LogP contribution >= 0.6 is 0 Å². The summed E-state index contributed by atoms with van der Waals surface area (Å²) in [6.07, 6.45) is -0.572. The largest absolute Gasteiger partial charge is 0.507 e. The number of carbonyl (C=O) groups is 2. The van der Waals surface area contributed by atoms with Gasteiger partial charge < -0.3 is 19.7 Å². The number of rotatable bonds is 6. The van der Waals surface area contributed by atoms with Crippen LogP contribution in [0.15, 0.2) is 24.3 Å². The van der Waals surface area contributed by atoms with Gasteiger partial charge in [0, 0.05) is 11.1 Å². The molecule has 0 aliphatic carbocycles. The lowest BCUT2D eigenvalue weighted by atomic mass is 9.79. The van der Waals surface area contributed by atoms with Crippen LogP contribution in [0.4, 0.5) is 0 Å². The highest BCUT2D eigenvalue weighted by Gasteiger charge is 2.27. The molecule has 2 aromatic carbocycles. The number of hydrogen-bond donors (Lipinski definition) is 2. The molecular weight excluding hydrogens is 492 g/mol. The maximum Gasteiger partial charge on any atom is 0.317 e. The molecule has 2 aromatic rings. The lowest BCUT2D eigenvalue weighted by molar-refractivity contribution is -0.156. The second kappa shape index (κ2) is 11.2. The first kappa shape index (κ1) is 32.2. The summed E-state index contributed by atoms with van der Waals surface area (Å²) >= 11 is 0. The van der Waals surface area contributed by atoms with E-state index in [1.54, 1.807) is 0 Å². The Kier molecular flexibility index (Phi) is 9.27. The zero-order chi connectivity index (χ0) is 30.1. The molecule has 0 bridgehead atoms. The minimum atomic E-state index is -0.749. The zero-order valence-electron chi connectivity index (χ0n) is 26.0. The molecule has 0 atom stereocenters. The molecule has 6 heteroatoms. The van der Waals surface area contributed by atoms with Crippen molar-refractivity contribution in [2.75, 3.05) is 0 Å². The highest BCUT2D eigenvalue weighted by molar-refractivity contribution is 5.91. The maximum atomic E-state index is 12.5. The van der Waals surface area contributed by atoms with Gasteiger partial charge in [-0.2, -0.15) is 0 Å². The minimum absolute atomic E-state index is 0.0923. The van der Waals surface area contributed by atoms with Crippen LogP contribution in [0.2, 0.25) is 0 Å². The van der Waals surface area contributed by atoms with Crippen molar-refractivity contribution in [2.24, 2.45) is 0 Å². The van der Waals surface area contributed by atoms with E-state index in [0.717, 1.165) is 22.3 Å². The van der Waals surface area contributed by atoms with Gasteiger partial charge in [0.2, 0.25) is 0 Å². The average Bonchev–Trinajstić information content (AvgIpc) is 2.74. The summed E-state index contributed by atoms with van der Waals surface area (Å²) < 4.78 is 10.7. The molecule has 0 saturated carbocycles. The molecular formula is C33H48O6. The third-order valence-electron chi connectivity index (χ3n) is 6.79. The molecule has 0 aliphatic rings. The third kappa shape index (κ3) is 8.48. The van der Waals surface area contributed by atoms with Crippen molar-refractivity contribution in [1.29, 1.82) is 0 Å². The Morgan fingerprint density at radius 1 is 0.564 bits per heavy atom. The molecule has 0 unspecified atom stereocenters. The van der Waals surface area contributed by atoms with Crippen LogP contribution < -0.4 is 0 Å². The summed E-state index contributed by atoms with van der Waals surface area (Å²) in [5.74, 6) is -1.31. The number of hydrogen-bond acceptors (Lipinski definition) is 6. The summed E-state index contributed by atoms with van der Waals surface area (Å²) in [5.41, 5.74) is 3.61. The SMILES string of the molecule is CC(C)(C)c1cc(COC(=O)CC(=O)OCc2cc(C(C)(C)C)cc(C(C)(C)C)c2O)c(O)c(C(C)(C)C)c1. The van der Waals surface area contributed by atoms with E-state index >= 15 is 0 Å². The third-order valence-corrected chi connectivity index (χ3v) is 6.79. The molecule has 0 amide bonds. The van der Waals surface area contributed by atoms with Crippen LogP contribution in [0, 0.1) is 0 Å². The van der Waals surface area contributed by atoms with Gasteiger partial charge in [-0.05, 0) is 56.0 Å². The molecule has 0 spiro atoms. The summed E-state index contributed by atoms with van der Waals surface area (Å²) in [6, 6.07) is 7.67. The summed E-state index contributed by atoms with van der Waals surface area (Å²) in [6.45, 7) is 24.2. The highest BCUT2D eigenvalue weighted by atomic mass is 16.6. The van der Waals surface area contributed by atoms with E-state index in [4.69, 9.17) is 9.47 Å². The molecule has 39 heavy (non-hydrogen) atoms. The van der Waals surface area contributed by atoms with Crippen molar-refractivity contribution in [3.05, 3.63) is 57.6 Å². The predicted octanol–water partition coefficient (Wildman–Crippen LogP) is 7.46. The monoisotopic (exact) mass is 540 g/mol. The van der Waals surface area contributed by atoms with Crippen molar-refractivity contribution in [2.45, 2.75) is 124 Å². The van der Waals surface area contributed by atoms with Crippen LogP contribution in [0.1, 0.15) is 123 Å². The Morgan fingerprint density at radius 3 is 1.13 bits per heavy atom. The Morgan fingerprint density at radius 2 is 0.872 bits per heavy atom.